The molecule has 0 atom stereocenters. The lowest BCUT2D eigenvalue weighted by Crippen LogP contribution is -2.11. The summed E-state index contributed by atoms with van der Waals surface area (Å²) in [4.78, 5) is 12.3. The molecule has 0 saturated carbocycles. The highest BCUT2D eigenvalue weighted by Gasteiger charge is 2.17. The number of aliphatic hydroxyl groups is 1. The molecule has 0 saturated heterocycles. The SMILES string of the molecule is COc1cc(CO)c(C)cc1C(=O)Oc1ccc(C#N)cc1. The number of methoxy groups -OCH3 is 1. The van der Waals surface area contributed by atoms with Crippen molar-refractivity contribution in [1.29, 1.82) is 5.26 Å². The summed E-state index contributed by atoms with van der Waals surface area (Å²) < 4.78 is 10.5. The Morgan fingerprint density at radius 3 is 2.50 bits per heavy atom. The Bertz CT molecular complexity index is 730. The van der Waals surface area contributed by atoms with Gasteiger partial charge in [-0.05, 0) is 54.4 Å². The summed E-state index contributed by atoms with van der Waals surface area (Å²) in [5.74, 6) is 0.123. The van der Waals surface area contributed by atoms with Crippen molar-refractivity contribution in [2.45, 2.75) is 13.5 Å². The molecule has 0 heterocycles. The van der Waals surface area contributed by atoms with Gasteiger partial charge in [-0.15, -0.1) is 0 Å². The number of rotatable bonds is 4. The fourth-order valence-electron chi connectivity index (χ4n) is 1.99. The molecule has 5 heteroatoms. The van der Waals surface area contributed by atoms with Crippen LogP contribution in [0.4, 0.5) is 0 Å². The van der Waals surface area contributed by atoms with E-state index in [-0.39, 0.29) is 12.2 Å². The van der Waals surface area contributed by atoms with Crippen LogP contribution in [0.2, 0.25) is 0 Å². The average molecular weight is 297 g/mol. The van der Waals surface area contributed by atoms with Crippen LogP contribution in [0.3, 0.4) is 0 Å². The number of aryl methyl sites for hydroxylation is 1. The molecule has 0 aliphatic heterocycles. The van der Waals surface area contributed by atoms with Crippen LogP contribution in [0.15, 0.2) is 36.4 Å². The Kier molecular flexibility index (Phi) is 4.77. The van der Waals surface area contributed by atoms with E-state index in [0.29, 0.717) is 22.6 Å². The van der Waals surface area contributed by atoms with Crippen molar-refractivity contribution in [3.8, 4) is 17.6 Å². The predicted octanol–water partition coefficient (Wildman–Crippen LogP) is 2.59. The molecular formula is C17H15NO4. The number of carbonyl (C=O) groups excluding carboxylic acids is 1. The summed E-state index contributed by atoms with van der Waals surface area (Å²) in [7, 11) is 1.45. The lowest BCUT2D eigenvalue weighted by Gasteiger charge is -2.12. The fourth-order valence-corrected chi connectivity index (χ4v) is 1.99. The van der Waals surface area contributed by atoms with Crippen molar-refractivity contribution >= 4 is 5.97 Å². The normalized spacial score (nSPS) is 9.91. The Morgan fingerprint density at radius 2 is 1.95 bits per heavy atom. The molecule has 112 valence electrons. The van der Waals surface area contributed by atoms with Gasteiger partial charge in [-0.2, -0.15) is 5.26 Å². The fraction of sp³-hybridized carbons (Fsp3) is 0.176. The van der Waals surface area contributed by atoms with E-state index < -0.39 is 5.97 Å². The number of hydrogen-bond acceptors (Lipinski definition) is 5. The van der Waals surface area contributed by atoms with Gasteiger partial charge in [-0.25, -0.2) is 4.79 Å². The van der Waals surface area contributed by atoms with Crippen LogP contribution < -0.4 is 9.47 Å². The molecule has 0 bridgehead atoms. The number of carbonyl (C=O) groups is 1. The van der Waals surface area contributed by atoms with Crippen molar-refractivity contribution in [1.82, 2.24) is 0 Å². The third kappa shape index (κ3) is 3.25. The van der Waals surface area contributed by atoms with Crippen molar-refractivity contribution < 1.29 is 19.4 Å². The standard InChI is InChI=1S/C17H15NO4/c1-11-7-15(16(21-2)8-13(11)10-19)17(20)22-14-5-3-12(9-18)4-6-14/h3-8,19H,10H2,1-2H3. The van der Waals surface area contributed by atoms with Gasteiger partial charge >= 0.3 is 5.97 Å². The van der Waals surface area contributed by atoms with Gasteiger partial charge in [0.15, 0.2) is 0 Å². The molecule has 0 aliphatic carbocycles. The number of benzene rings is 2. The summed E-state index contributed by atoms with van der Waals surface area (Å²) >= 11 is 0. The number of nitrogens with zero attached hydrogens (tertiary/aromatic N) is 1. The number of esters is 1. The number of ether oxygens (including phenoxy) is 2. The highest BCUT2D eigenvalue weighted by molar-refractivity contribution is 5.94. The summed E-state index contributed by atoms with van der Waals surface area (Å²) in [5, 5.41) is 18.0. The maximum absolute atomic E-state index is 12.3. The van der Waals surface area contributed by atoms with Gasteiger partial charge in [0.05, 0.1) is 25.3 Å². The van der Waals surface area contributed by atoms with E-state index in [4.69, 9.17) is 14.7 Å². The van der Waals surface area contributed by atoms with Gasteiger partial charge in [-0.3, -0.25) is 0 Å². The summed E-state index contributed by atoms with van der Waals surface area (Å²) in [6.45, 7) is 1.66. The maximum atomic E-state index is 12.3. The van der Waals surface area contributed by atoms with E-state index in [1.807, 2.05) is 6.07 Å². The Balaban J connectivity index is 2.28. The van der Waals surface area contributed by atoms with E-state index in [9.17, 15) is 9.90 Å². The zero-order valence-corrected chi connectivity index (χ0v) is 12.3. The van der Waals surface area contributed by atoms with Crippen molar-refractivity contribution in [2.24, 2.45) is 0 Å². The minimum absolute atomic E-state index is 0.132. The van der Waals surface area contributed by atoms with Gasteiger partial charge in [0.25, 0.3) is 0 Å². The topological polar surface area (TPSA) is 79.6 Å². The smallest absolute Gasteiger partial charge is 0.347 e. The Hall–Kier alpha value is -2.84. The molecule has 0 radical (unpaired) electrons. The zero-order valence-electron chi connectivity index (χ0n) is 12.3. The van der Waals surface area contributed by atoms with E-state index in [2.05, 4.69) is 0 Å². The molecule has 0 aromatic heterocycles. The van der Waals surface area contributed by atoms with Crippen LogP contribution in [0.25, 0.3) is 0 Å². The van der Waals surface area contributed by atoms with Crippen molar-refractivity contribution in [2.75, 3.05) is 7.11 Å². The molecule has 5 nitrogen and oxygen atoms in total. The Labute approximate surface area is 128 Å². The molecular weight excluding hydrogens is 282 g/mol. The molecule has 1 N–H and O–H groups in total. The maximum Gasteiger partial charge on any atom is 0.347 e. The number of nitriles is 1. The number of aliphatic hydroxyl groups excluding tert-OH is 1. The first kappa shape index (κ1) is 15.5. The summed E-state index contributed by atoms with van der Waals surface area (Å²) in [6, 6.07) is 11.5. The molecule has 0 spiro atoms. The molecule has 0 amide bonds. The highest BCUT2D eigenvalue weighted by atomic mass is 16.5. The van der Waals surface area contributed by atoms with E-state index in [1.54, 1.807) is 43.3 Å². The first-order valence-corrected chi connectivity index (χ1v) is 6.59. The molecule has 2 aromatic rings. The van der Waals surface area contributed by atoms with Crippen LogP contribution in [0, 0.1) is 18.3 Å². The van der Waals surface area contributed by atoms with Crippen LogP contribution >= 0.6 is 0 Å². The minimum Gasteiger partial charge on any atom is -0.496 e. The van der Waals surface area contributed by atoms with Gasteiger partial charge < -0.3 is 14.6 Å². The largest absolute Gasteiger partial charge is 0.496 e. The molecule has 0 fully saturated rings. The van der Waals surface area contributed by atoms with E-state index in [1.165, 1.54) is 7.11 Å². The molecule has 2 rings (SSSR count). The third-order valence-corrected chi connectivity index (χ3v) is 3.24. The molecule has 0 aliphatic rings. The molecule has 2 aromatic carbocycles. The first-order chi connectivity index (χ1) is 10.6. The lowest BCUT2D eigenvalue weighted by molar-refractivity contribution is 0.0731. The average Bonchev–Trinajstić information content (AvgIpc) is 2.55. The third-order valence-electron chi connectivity index (χ3n) is 3.24. The van der Waals surface area contributed by atoms with Gasteiger partial charge in [0.1, 0.15) is 17.1 Å². The predicted molar refractivity (Wildman–Crippen MR) is 79.8 cm³/mol. The van der Waals surface area contributed by atoms with Crippen LogP contribution in [-0.4, -0.2) is 18.2 Å². The van der Waals surface area contributed by atoms with E-state index >= 15 is 0 Å². The van der Waals surface area contributed by atoms with Crippen LogP contribution in [-0.2, 0) is 6.61 Å². The highest BCUT2D eigenvalue weighted by Crippen LogP contribution is 2.25. The van der Waals surface area contributed by atoms with Gasteiger partial charge in [-0.1, -0.05) is 0 Å². The molecule has 22 heavy (non-hydrogen) atoms. The Morgan fingerprint density at radius 1 is 1.27 bits per heavy atom. The first-order valence-electron chi connectivity index (χ1n) is 6.59. The minimum atomic E-state index is -0.561. The van der Waals surface area contributed by atoms with Crippen molar-refractivity contribution in [3.05, 3.63) is 58.7 Å². The second kappa shape index (κ2) is 6.74. The lowest BCUT2D eigenvalue weighted by atomic mass is 10.0. The monoisotopic (exact) mass is 297 g/mol. The second-order valence-electron chi connectivity index (χ2n) is 4.66. The van der Waals surface area contributed by atoms with Gasteiger partial charge in [0, 0.05) is 0 Å². The zero-order chi connectivity index (χ0) is 16.1. The van der Waals surface area contributed by atoms with Crippen LogP contribution in [0.1, 0.15) is 27.0 Å². The summed E-state index contributed by atoms with van der Waals surface area (Å²) in [6.07, 6.45) is 0. The second-order valence-corrected chi connectivity index (χ2v) is 4.66. The molecule has 0 unspecified atom stereocenters. The van der Waals surface area contributed by atoms with Gasteiger partial charge in [0.2, 0.25) is 0 Å². The summed E-state index contributed by atoms with van der Waals surface area (Å²) in [5.41, 5.74) is 2.23. The van der Waals surface area contributed by atoms with Crippen molar-refractivity contribution in [3.63, 3.8) is 0 Å². The van der Waals surface area contributed by atoms with Crippen LogP contribution in [0.5, 0.6) is 11.5 Å². The van der Waals surface area contributed by atoms with E-state index in [0.717, 1.165) is 5.56 Å². The quantitative estimate of drug-likeness (QED) is 0.693. The number of hydrogen-bond donors (Lipinski definition) is 1.